The second kappa shape index (κ2) is 5.39. The highest BCUT2D eigenvalue weighted by atomic mass is 35.5. The summed E-state index contributed by atoms with van der Waals surface area (Å²) in [5.74, 6) is -1.31. The molecule has 0 radical (unpaired) electrons. The molecule has 0 aliphatic carbocycles. The summed E-state index contributed by atoms with van der Waals surface area (Å²) < 4.78 is 25.6. The molecule has 0 heterocycles. The first-order chi connectivity index (χ1) is 7.02. The number of nitrogens with two attached hydrogens (primary N) is 1. The van der Waals surface area contributed by atoms with Gasteiger partial charge in [-0.05, 0) is 24.1 Å². The van der Waals surface area contributed by atoms with E-state index in [1.165, 1.54) is 12.1 Å². The van der Waals surface area contributed by atoms with Crippen LogP contribution in [0.2, 0.25) is 0 Å². The molecule has 0 bridgehead atoms. The molecule has 5 heteroatoms. The molecule has 0 saturated heterocycles. The van der Waals surface area contributed by atoms with E-state index < -0.39 is 23.1 Å². The van der Waals surface area contributed by atoms with E-state index in [0.717, 1.165) is 6.07 Å². The highest BCUT2D eigenvalue weighted by Crippen LogP contribution is 2.14. The Hall–Kier alpha value is -0.710. The molecule has 2 nitrogen and oxygen atoms in total. The van der Waals surface area contributed by atoms with E-state index in [4.69, 9.17) is 17.3 Å². The van der Waals surface area contributed by atoms with Gasteiger partial charge >= 0.3 is 0 Å². The summed E-state index contributed by atoms with van der Waals surface area (Å²) in [6.07, 6.45) is -0.702. The van der Waals surface area contributed by atoms with Crippen molar-refractivity contribution in [2.45, 2.75) is 17.9 Å². The summed E-state index contributed by atoms with van der Waals surface area (Å²) >= 11 is 5.80. The van der Waals surface area contributed by atoms with Crippen molar-refractivity contribution >= 4 is 11.6 Å². The van der Waals surface area contributed by atoms with Crippen LogP contribution in [0.25, 0.3) is 0 Å². The van der Waals surface area contributed by atoms with Gasteiger partial charge in [-0.3, -0.25) is 0 Å². The Morgan fingerprint density at radius 3 is 2.27 bits per heavy atom. The molecule has 0 aromatic heterocycles. The number of hydrogen-bond donors (Lipinski definition) is 2. The van der Waals surface area contributed by atoms with Gasteiger partial charge in [0.2, 0.25) is 0 Å². The summed E-state index contributed by atoms with van der Waals surface area (Å²) in [5, 5.41) is 8.64. The van der Waals surface area contributed by atoms with Crippen LogP contribution < -0.4 is 5.73 Å². The lowest BCUT2D eigenvalue weighted by Gasteiger charge is -2.14. The summed E-state index contributed by atoms with van der Waals surface area (Å²) in [4.78, 5) is 0. The van der Waals surface area contributed by atoms with E-state index in [1.807, 2.05) is 0 Å². The first-order valence-electron chi connectivity index (χ1n) is 4.50. The highest BCUT2D eigenvalue weighted by molar-refractivity contribution is 6.21. The fourth-order valence-electron chi connectivity index (χ4n) is 1.24. The molecule has 2 atom stereocenters. The van der Waals surface area contributed by atoms with Crippen LogP contribution in [0.1, 0.15) is 5.56 Å². The second-order valence-electron chi connectivity index (χ2n) is 3.30. The minimum absolute atomic E-state index is 0.0198. The molecule has 1 aromatic rings. The quantitative estimate of drug-likeness (QED) is 0.776. The number of aliphatic hydroxyl groups is 1. The molecule has 3 N–H and O–H groups in total. The Balaban J connectivity index is 2.72. The lowest BCUT2D eigenvalue weighted by atomic mass is 10.1. The Morgan fingerprint density at radius 1 is 1.27 bits per heavy atom. The molecular formula is C10H12ClF2NO. The van der Waals surface area contributed by atoms with E-state index in [-0.39, 0.29) is 13.0 Å². The molecule has 15 heavy (non-hydrogen) atoms. The minimum atomic E-state index is -0.877. The Labute approximate surface area is 91.7 Å². The number of benzene rings is 1. The molecule has 0 saturated carbocycles. The Morgan fingerprint density at radius 2 is 1.80 bits per heavy atom. The van der Waals surface area contributed by atoms with Gasteiger partial charge in [-0.1, -0.05) is 0 Å². The third kappa shape index (κ3) is 3.74. The van der Waals surface area contributed by atoms with Crippen molar-refractivity contribution in [1.82, 2.24) is 0 Å². The average molecular weight is 236 g/mol. The van der Waals surface area contributed by atoms with Gasteiger partial charge in [0.1, 0.15) is 11.6 Å². The largest absolute Gasteiger partial charge is 0.390 e. The summed E-state index contributed by atoms with van der Waals surface area (Å²) in [7, 11) is 0. The van der Waals surface area contributed by atoms with Crippen molar-refractivity contribution in [2.24, 2.45) is 5.73 Å². The van der Waals surface area contributed by atoms with E-state index in [0.29, 0.717) is 5.56 Å². The molecule has 1 unspecified atom stereocenters. The van der Waals surface area contributed by atoms with Crippen LogP contribution >= 0.6 is 11.6 Å². The van der Waals surface area contributed by atoms with Crippen molar-refractivity contribution in [1.29, 1.82) is 0 Å². The third-order valence-corrected chi connectivity index (χ3v) is 2.46. The van der Waals surface area contributed by atoms with Gasteiger partial charge in [0, 0.05) is 12.6 Å². The molecular weight excluding hydrogens is 224 g/mol. The van der Waals surface area contributed by atoms with Crippen molar-refractivity contribution in [2.75, 3.05) is 6.54 Å². The molecule has 0 spiro atoms. The molecule has 0 amide bonds. The van der Waals surface area contributed by atoms with E-state index in [9.17, 15) is 13.9 Å². The number of halogens is 3. The first kappa shape index (κ1) is 12.4. The van der Waals surface area contributed by atoms with Crippen LogP contribution in [-0.2, 0) is 6.42 Å². The molecule has 0 aliphatic rings. The Kier molecular flexibility index (Phi) is 4.45. The van der Waals surface area contributed by atoms with Gasteiger partial charge in [0.25, 0.3) is 0 Å². The number of aliphatic hydroxyl groups excluding tert-OH is 1. The maximum absolute atomic E-state index is 12.8. The van der Waals surface area contributed by atoms with Crippen LogP contribution in [0, 0.1) is 11.6 Å². The predicted octanol–water partition coefficient (Wildman–Crippen LogP) is 1.43. The molecule has 1 aromatic carbocycles. The van der Waals surface area contributed by atoms with Crippen LogP contribution in [0.3, 0.4) is 0 Å². The summed E-state index contributed by atoms with van der Waals surface area (Å²) in [6, 6.07) is 3.15. The highest BCUT2D eigenvalue weighted by Gasteiger charge is 2.15. The van der Waals surface area contributed by atoms with Crippen molar-refractivity contribution in [3.8, 4) is 0 Å². The monoisotopic (exact) mass is 235 g/mol. The van der Waals surface area contributed by atoms with E-state index in [2.05, 4.69) is 0 Å². The third-order valence-electron chi connectivity index (χ3n) is 2.01. The van der Waals surface area contributed by atoms with Crippen LogP contribution in [0.15, 0.2) is 18.2 Å². The number of hydrogen-bond acceptors (Lipinski definition) is 2. The molecule has 1 rings (SSSR count). The zero-order valence-electron chi connectivity index (χ0n) is 7.96. The van der Waals surface area contributed by atoms with Crippen LogP contribution in [-0.4, -0.2) is 23.1 Å². The molecule has 84 valence electrons. The van der Waals surface area contributed by atoms with Crippen molar-refractivity contribution in [3.63, 3.8) is 0 Å². The zero-order chi connectivity index (χ0) is 11.4. The van der Waals surface area contributed by atoms with Crippen molar-refractivity contribution in [3.05, 3.63) is 35.4 Å². The van der Waals surface area contributed by atoms with Crippen LogP contribution in [0.5, 0.6) is 0 Å². The van der Waals surface area contributed by atoms with E-state index in [1.54, 1.807) is 0 Å². The van der Waals surface area contributed by atoms with Gasteiger partial charge in [0.05, 0.1) is 11.5 Å². The maximum Gasteiger partial charge on any atom is 0.126 e. The lowest BCUT2D eigenvalue weighted by Crippen LogP contribution is -2.31. The smallest absolute Gasteiger partial charge is 0.126 e. The average Bonchev–Trinajstić information content (AvgIpc) is 2.14. The fourth-order valence-corrected chi connectivity index (χ4v) is 1.52. The van der Waals surface area contributed by atoms with Gasteiger partial charge in [-0.15, -0.1) is 11.6 Å². The minimum Gasteiger partial charge on any atom is -0.390 e. The number of rotatable bonds is 4. The standard InChI is InChI=1S/C10H12ClF2NO/c11-9(10(15)5-14)3-6-1-7(12)4-8(13)2-6/h1-2,4,9-10,15H,3,5,14H2/t9?,10-/m0/s1. The molecule has 0 fully saturated rings. The topological polar surface area (TPSA) is 46.2 Å². The van der Waals surface area contributed by atoms with Gasteiger partial charge in [-0.2, -0.15) is 0 Å². The lowest BCUT2D eigenvalue weighted by molar-refractivity contribution is 0.177. The Bertz CT molecular complexity index is 315. The SMILES string of the molecule is NC[C@H](O)C(Cl)Cc1cc(F)cc(F)c1. The normalized spacial score (nSPS) is 15.0. The first-order valence-corrected chi connectivity index (χ1v) is 4.93. The second-order valence-corrected chi connectivity index (χ2v) is 3.86. The van der Waals surface area contributed by atoms with Gasteiger partial charge in [0.15, 0.2) is 0 Å². The van der Waals surface area contributed by atoms with Gasteiger partial charge in [-0.25, -0.2) is 8.78 Å². The summed E-state index contributed by atoms with van der Waals surface area (Å²) in [6.45, 7) is 0.0198. The van der Waals surface area contributed by atoms with Gasteiger partial charge < -0.3 is 10.8 Å². The summed E-state index contributed by atoms with van der Waals surface area (Å²) in [5.41, 5.74) is 5.61. The van der Waals surface area contributed by atoms with Crippen LogP contribution in [0.4, 0.5) is 8.78 Å². The van der Waals surface area contributed by atoms with Crippen molar-refractivity contribution < 1.29 is 13.9 Å². The maximum atomic E-state index is 12.8. The van der Waals surface area contributed by atoms with E-state index >= 15 is 0 Å². The molecule has 0 aliphatic heterocycles. The zero-order valence-corrected chi connectivity index (χ0v) is 8.72. The predicted molar refractivity (Wildman–Crippen MR) is 54.8 cm³/mol. The number of alkyl halides is 1. The fraction of sp³-hybridized carbons (Fsp3) is 0.400.